The first-order valence-corrected chi connectivity index (χ1v) is 9.22. The number of fused-ring (bicyclic) bond motifs is 1. The lowest BCUT2D eigenvalue weighted by molar-refractivity contribution is 0.0620. The van der Waals surface area contributed by atoms with Crippen LogP contribution in [0.15, 0.2) is 47.4 Å². The lowest BCUT2D eigenvalue weighted by Gasteiger charge is -2.31. The van der Waals surface area contributed by atoms with Crippen LogP contribution in [0.2, 0.25) is 0 Å². The number of benzene rings is 2. The second-order valence-electron chi connectivity index (χ2n) is 6.47. The van der Waals surface area contributed by atoms with Crippen molar-refractivity contribution in [2.45, 2.75) is 30.8 Å². The van der Waals surface area contributed by atoms with Gasteiger partial charge in [0.05, 0.1) is 16.9 Å². The average molecular weight is 330 g/mol. The van der Waals surface area contributed by atoms with Crippen LogP contribution in [-0.4, -0.2) is 26.1 Å². The van der Waals surface area contributed by atoms with Crippen LogP contribution in [0.4, 0.5) is 0 Å². The van der Waals surface area contributed by atoms with Crippen LogP contribution in [0, 0.1) is 0 Å². The summed E-state index contributed by atoms with van der Waals surface area (Å²) in [7, 11) is -3.21. The van der Waals surface area contributed by atoms with Gasteiger partial charge >= 0.3 is 0 Å². The number of carbonyl (C=O) groups is 1. The topological polar surface area (TPSA) is 60.4 Å². The number of hydrogen-bond donors (Lipinski definition) is 0. The summed E-state index contributed by atoms with van der Waals surface area (Å²) in [6.07, 6.45) is 1.55. The van der Waals surface area contributed by atoms with Gasteiger partial charge < -0.3 is 4.74 Å². The summed E-state index contributed by atoms with van der Waals surface area (Å²) >= 11 is 0. The molecule has 0 amide bonds. The Kier molecular flexibility index (Phi) is 3.56. The van der Waals surface area contributed by atoms with E-state index in [0.29, 0.717) is 17.7 Å². The number of rotatable bonds is 2. The van der Waals surface area contributed by atoms with Crippen LogP contribution in [0.1, 0.15) is 30.6 Å². The maximum atomic E-state index is 12.2. The second-order valence-corrected chi connectivity index (χ2v) is 8.48. The van der Waals surface area contributed by atoms with Gasteiger partial charge in [-0.3, -0.25) is 4.79 Å². The van der Waals surface area contributed by atoms with Crippen molar-refractivity contribution >= 4 is 15.6 Å². The molecule has 0 saturated heterocycles. The van der Waals surface area contributed by atoms with E-state index in [1.165, 1.54) is 6.26 Å². The highest BCUT2D eigenvalue weighted by Crippen LogP contribution is 2.36. The fourth-order valence-electron chi connectivity index (χ4n) is 2.73. The molecule has 0 spiro atoms. The number of hydrogen-bond acceptors (Lipinski definition) is 4. The Morgan fingerprint density at radius 2 is 1.61 bits per heavy atom. The molecule has 0 unspecified atom stereocenters. The maximum absolute atomic E-state index is 12.2. The minimum atomic E-state index is -3.21. The molecular formula is C18H18O4S. The third-order valence-corrected chi connectivity index (χ3v) is 5.00. The zero-order valence-corrected chi connectivity index (χ0v) is 14.1. The predicted octanol–water partition coefficient (Wildman–Crippen LogP) is 3.50. The van der Waals surface area contributed by atoms with E-state index in [0.717, 1.165) is 11.1 Å². The minimum absolute atomic E-state index is 0.0789. The van der Waals surface area contributed by atoms with Crippen molar-refractivity contribution in [3.8, 4) is 16.9 Å². The van der Waals surface area contributed by atoms with Crippen molar-refractivity contribution in [1.82, 2.24) is 0 Å². The molecule has 0 radical (unpaired) electrons. The zero-order valence-electron chi connectivity index (χ0n) is 13.3. The number of carbonyl (C=O) groups excluding carboxylic acids is 1. The lowest BCUT2D eigenvalue weighted by atomic mass is 9.91. The Morgan fingerprint density at radius 1 is 1.00 bits per heavy atom. The van der Waals surface area contributed by atoms with Gasteiger partial charge in [0.25, 0.3) is 0 Å². The normalized spacial score (nSPS) is 16.6. The number of ether oxygens (including phenoxy) is 1. The van der Waals surface area contributed by atoms with Crippen LogP contribution in [0.3, 0.4) is 0 Å². The molecule has 0 bridgehead atoms. The molecular weight excluding hydrogens is 312 g/mol. The van der Waals surface area contributed by atoms with Crippen LogP contribution in [0.25, 0.3) is 11.1 Å². The van der Waals surface area contributed by atoms with Gasteiger partial charge in [0.15, 0.2) is 15.6 Å². The second kappa shape index (κ2) is 5.20. The molecule has 1 aliphatic heterocycles. The van der Waals surface area contributed by atoms with E-state index in [9.17, 15) is 13.2 Å². The summed E-state index contributed by atoms with van der Waals surface area (Å²) < 4.78 is 29.0. The molecule has 4 nitrogen and oxygen atoms in total. The highest BCUT2D eigenvalue weighted by Gasteiger charge is 2.32. The van der Waals surface area contributed by atoms with Crippen molar-refractivity contribution in [2.75, 3.05) is 6.26 Å². The van der Waals surface area contributed by atoms with Gasteiger partial charge in [0.2, 0.25) is 0 Å². The third-order valence-electron chi connectivity index (χ3n) is 3.87. The first kappa shape index (κ1) is 15.7. The van der Waals surface area contributed by atoms with Gasteiger partial charge in [0.1, 0.15) is 11.4 Å². The van der Waals surface area contributed by atoms with E-state index < -0.39 is 15.4 Å². The van der Waals surface area contributed by atoms with E-state index in [1.54, 1.807) is 30.3 Å². The minimum Gasteiger partial charge on any atom is -0.487 e. The third kappa shape index (κ3) is 3.15. The van der Waals surface area contributed by atoms with E-state index in [2.05, 4.69) is 0 Å². The summed E-state index contributed by atoms with van der Waals surface area (Å²) in [4.78, 5) is 12.4. The molecule has 2 aromatic rings. The highest BCUT2D eigenvalue weighted by molar-refractivity contribution is 7.90. The van der Waals surface area contributed by atoms with Gasteiger partial charge in [-0.2, -0.15) is 0 Å². The summed E-state index contributed by atoms with van der Waals surface area (Å²) in [6, 6.07) is 12.1. The smallest absolute Gasteiger partial charge is 0.175 e. The molecule has 0 saturated carbocycles. The van der Waals surface area contributed by atoms with E-state index >= 15 is 0 Å². The molecule has 0 aliphatic carbocycles. The van der Waals surface area contributed by atoms with Crippen molar-refractivity contribution < 1.29 is 17.9 Å². The molecule has 0 atom stereocenters. The maximum Gasteiger partial charge on any atom is 0.175 e. The molecule has 2 aromatic carbocycles. The quantitative estimate of drug-likeness (QED) is 0.845. The molecule has 23 heavy (non-hydrogen) atoms. The predicted molar refractivity (Wildman–Crippen MR) is 88.6 cm³/mol. The Morgan fingerprint density at radius 3 is 2.22 bits per heavy atom. The van der Waals surface area contributed by atoms with Gasteiger partial charge in [0, 0.05) is 6.26 Å². The number of Topliss-reactive ketones (excluding diaryl/α,β-unsaturated/α-hetero) is 1. The van der Waals surface area contributed by atoms with Crippen LogP contribution in [0.5, 0.6) is 5.75 Å². The Hall–Kier alpha value is -2.14. The van der Waals surface area contributed by atoms with Crippen molar-refractivity contribution in [2.24, 2.45) is 0 Å². The van der Waals surface area contributed by atoms with Gasteiger partial charge in [-0.05, 0) is 49.2 Å². The average Bonchev–Trinajstić information content (AvgIpc) is 2.44. The molecule has 0 fully saturated rings. The summed E-state index contributed by atoms with van der Waals surface area (Å²) in [5, 5.41) is 0. The summed E-state index contributed by atoms with van der Waals surface area (Å²) in [6.45, 7) is 3.78. The fourth-order valence-corrected chi connectivity index (χ4v) is 3.36. The molecule has 0 N–H and O–H groups in total. The van der Waals surface area contributed by atoms with Crippen molar-refractivity contribution in [3.05, 3.63) is 48.0 Å². The first-order valence-electron chi connectivity index (χ1n) is 7.32. The number of sulfone groups is 1. The van der Waals surface area contributed by atoms with Gasteiger partial charge in [-0.1, -0.05) is 18.2 Å². The summed E-state index contributed by atoms with van der Waals surface area (Å²) in [5.74, 6) is 0.658. The Labute approximate surface area is 136 Å². The van der Waals surface area contributed by atoms with Crippen LogP contribution < -0.4 is 4.74 Å². The largest absolute Gasteiger partial charge is 0.487 e. The zero-order chi connectivity index (χ0) is 16.8. The van der Waals surface area contributed by atoms with E-state index in [1.807, 2.05) is 26.0 Å². The number of ketones is 1. The monoisotopic (exact) mass is 330 g/mol. The molecule has 1 heterocycles. The van der Waals surface area contributed by atoms with Crippen molar-refractivity contribution in [1.29, 1.82) is 0 Å². The van der Waals surface area contributed by atoms with E-state index in [-0.39, 0.29) is 10.7 Å². The van der Waals surface area contributed by atoms with Crippen LogP contribution >= 0.6 is 0 Å². The Balaban J connectivity index is 2.01. The fraction of sp³-hybridized carbons (Fsp3) is 0.278. The molecule has 0 aromatic heterocycles. The van der Waals surface area contributed by atoms with E-state index in [4.69, 9.17) is 4.74 Å². The molecule has 120 valence electrons. The SMILES string of the molecule is CC1(C)CC(=O)c2ccc(-c3ccc(S(C)(=O)=O)cc3)cc2O1. The first-order chi connectivity index (χ1) is 10.7. The Bertz CT molecular complexity index is 878. The molecule has 3 rings (SSSR count). The van der Waals surface area contributed by atoms with Crippen LogP contribution in [-0.2, 0) is 9.84 Å². The lowest BCUT2D eigenvalue weighted by Crippen LogP contribution is -2.35. The van der Waals surface area contributed by atoms with Crippen molar-refractivity contribution in [3.63, 3.8) is 0 Å². The summed E-state index contributed by atoms with van der Waals surface area (Å²) in [5.41, 5.74) is 1.85. The molecule has 5 heteroatoms. The van der Waals surface area contributed by atoms with Gasteiger partial charge in [-0.15, -0.1) is 0 Å². The standard InChI is InChI=1S/C18H18O4S/c1-18(2)11-16(19)15-9-6-13(10-17(15)22-18)12-4-7-14(8-5-12)23(3,20)21/h4-10H,11H2,1-3H3. The highest BCUT2D eigenvalue weighted by atomic mass is 32.2. The van der Waals surface area contributed by atoms with Gasteiger partial charge in [-0.25, -0.2) is 8.42 Å². The molecule has 1 aliphatic rings.